The summed E-state index contributed by atoms with van der Waals surface area (Å²) in [6.07, 6.45) is 0.520. The van der Waals surface area contributed by atoms with E-state index in [0.29, 0.717) is 34.5 Å². The fraction of sp³-hybridized carbons (Fsp3) is 0.417. The van der Waals surface area contributed by atoms with Crippen molar-refractivity contribution in [3.63, 3.8) is 0 Å². The van der Waals surface area contributed by atoms with Crippen molar-refractivity contribution in [1.29, 1.82) is 0 Å². The third kappa shape index (κ3) is 7.91. The SMILES string of the molecule is CC[C@H](C(=O)NC(C)C)N(Cc1cccc(OC)c1)C(=O)CSCc1ccc(Cl)c(Cl)c1. The van der Waals surface area contributed by atoms with E-state index >= 15 is 0 Å². The summed E-state index contributed by atoms with van der Waals surface area (Å²) in [4.78, 5) is 27.8. The van der Waals surface area contributed by atoms with Crippen LogP contribution in [-0.4, -0.2) is 41.7 Å². The average molecular weight is 497 g/mol. The predicted octanol–water partition coefficient (Wildman–Crippen LogP) is 5.57. The van der Waals surface area contributed by atoms with Gasteiger partial charge in [-0.25, -0.2) is 0 Å². The third-order valence-electron chi connectivity index (χ3n) is 4.78. The van der Waals surface area contributed by atoms with Crippen molar-refractivity contribution < 1.29 is 14.3 Å². The topological polar surface area (TPSA) is 58.6 Å². The van der Waals surface area contributed by atoms with Gasteiger partial charge in [-0.05, 0) is 55.7 Å². The number of rotatable bonds is 11. The maximum Gasteiger partial charge on any atom is 0.243 e. The molecular formula is C24H30Cl2N2O3S. The molecule has 0 fully saturated rings. The molecule has 1 atom stereocenters. The van der Waals surface area contributed by atoms with Gasteiger partial charge in [0.2, 0.25) is 11.8 Å². The Kier molecular flexibility index (Phi) is 10.7. The number of benzene rings is 2. The van der Waals surface area contributed by atoms with E-state index in [0.717, 1.165) is 11.1 Å². The largest absolute Gasteiger partial charge is 0.497 e. The van der Waals surface area contributed by atoms with E-state index in [1.807, 2.05) is 51.1 Å². The fourth-order valence-electron chi connectivity index (χ4n) is 3.24. The second-order valence-corrected chi connectivity index (χ2v) is 9.50. The second kappa shape index (κ2) is 13.0. The quantitative estimate of drug-likeness (QED) is 0.441. The number of carbonyl (C=O) groups is 2. The smallest absolute Gasteiger partial charge is 0.243 e. The van der Waals surface area contributed by atoms with Crippen molar-refractivity contribution in [3.8, 4) is 5.75 Å². The molecule has 2 rings (SSSR count). The van der Waals surface area contributed by atoms with E-state index in [1.165, 1.54) is 11.8 Å². The molecule has 2 aromatic rings. The summed E-state index contributed by atoms with van der Waals surface area (Å²) < 4.78 is 5.31. The molecule has 8 heteroatoms. The van der Waals surface area contributed by atoms with Crippen LogP contribution in [-0.2, 0) is 21.9 Å². The van der Waals surface area contributed by atoms with Crippen molar-refractivity contribution in [2.75, 3.05) is 12.9 Å². The van der Waals surface area contributed by atoms with Gasteiger partial charge in [0.1, 0.15) is 11.8 Å². The fourth-order valence-corrected chi connectivity index (χ4v) is 4.41. The molecule has 5 nitrogen and oxygen atoms in total. The van der Waals surface area contributed by atoms with Gasteiger partial charge < -0.3 is 15.0 Å². The van der Waals surface area contributed by atoms with Crippen LogP contribution in [0.1, 0.15) is 38.3 Å². The number of nitrogens with zero attached hydrogens (tertiary/aromatic N) is 1. The summed E-state index contributed by atoms with van der Waals surface area (Å²) in [5.41, 5.74) is 1.89. The number of nitrogens with one attached hydrogen (secondary N) is 1. The van der Waals surface area contributed by atoms with Crippen molar-refractivity contribution >= 4 is 46.8 Å². The van der Waals surface area contributed by atoms with E-state index in [1.54, 1.807) is 24.1 Å². The van der Waals surface area contributed by atoms with Gasteiger partial charge in [0.25, 0.3) is 0 Å². The lowest BCUT2D eigenvalue weighted by atomic mass is 10.1. The zero-order valence-corrected chi connectivity index (χ0v) is 21.2. The van der Waals surface area contributed by atoms with Crippen LogP contribution < -0.4 is 10.1 Å². The Morgan fingerprint density at radius 1 is 1.09 bits per heavy atom. The monoisotopic (exact) mass is 496 g/mol. The summed E-state index contributed by atoms with van der Waals surface area (Å²) in [6.45, 7) is 6.06. The molecule has 0 aliphatic heterocycles. The number of hydrogen-bond acceptors (Lipinski definition) is 4. The third-order valence-corrected chi connectivity index (χ3v) is 6.51. The van der Waals surface area contributed by atoms with Crippen LogP contribution >= 0.6 is 35.0 Å². The predicted molar refractivity (Wildman–Crippen MR) is 134 cm³/mol. The number of thioether (sulfide) groups is 1. The molecule has 0 saturated carbocycles. The van der Waals surface area contributed by atoms with Gasteiger partial charge in [-0.2, -0.15) is 0 Å². The number of methoxy groups -OCH3 is 1. The molecule has 174 valence electrons. The summed E-state index contributed by atoms with van der Waals surface area (Å²) in [5, 5.41) is 3.93. The molecule has 0 aliphatic rings. The lowest BCUT2D eigenvalue weighted by Crippen LogP contribution is -2.50. The minimum absolute atomic E-state index is 0.00523. The summed E-state index contributed by atoms with van der Waals surface area (Å²) in [5.74, 6) is 1.33. The van der Waals surface area contributed by atoms with Crippen LogP contribution in [0.2, 0.25) is 10.0 Å². The minimum Gasteiger partial charge on any atom is -0.497 e. The first-order chi connectivity index (χ1) is 15.2. The zero-order valence-electron chi connectivity index (χ0n) is 18.9. The molecule has 0 heterocycles. The highest BCUT2D eigenvalue weighted by molar-refractivity contribution is 7.99. The first-order valence-corrected chi connectivity index (χ1v) is 12.4. The number of amides is 2. The highest BCUT2D eigenvalue weighted by atomic mass is 35.5. The Balaban J connectivity index is 2.16. The Hall–Kier alpha value is -1.89. The number of hydrogen-bond donors (Lipinski definition) is 1. The van der Waals surface area contributed by atoms with Gasteiger partial charge in [-0.3, -0.25) is 9.59 Å². The highest BCUT2D eigenvalue weighted by Gasteiger charge is 2.28. The minimum atomic E-state index is -0.554. The molecule has 0 unspecified atom stereocenters. The molecule has 0 spiro atoms. The first kappa shape index (κ1) is 26.4. The molecular weight excluding hydrogens is 467 g/mol. The molecule has 0 aromatic heterocycles. The zero-order chi connectivity index (χ0) is 23.7. The molecule has 1 N–H and O–H groups in total. The number of carbonyl (C=O) groups excluding carboxylic acids is 2. The van der Waals surface area contributed by atoms with Crippen LogP contribution in [0.4, 0.5) is 0 Å². The lowest BCUT2D eigenvalue weighted by Gasteiger charge is -2.31. The number of ether oxygens (including phenoxy) is 1. The van der Waals surface area contributed by atoms with Crippen LogP contribution in [0.15, 0.2) is 42.5 Å². The molecule has 2 amide bonds. The lowest BCUT2D eigenvalue weighted by molar-refractivity contribution is -0.139. The second-order valence-electron chi connectivity index (χ2n) is 7.70. The van der Waals surface area contributed by atoms with Crippen LogP contribution in [0.5, 0.6) is 5.75 Å². The van der Waals surface area contributed by atoms with E-state index in [-0.39, 0.29) is 23.6 Å². The molecule has 2 aromatic carbocycles. The van der Waals surface area contributed by atoms with E-state index in [4.69, 9.17) is 27.9 Å². The Bertz CT molecular complexity index is 924. The van der Waals surface area contributed by atoms with Crippen molar-refractivity contribution in [2.24, 2.45) is 0 Å². The average Bonchev–Trinajstić information content (AvgIpc) is 2.75. The normalized spacial score (nSPS) is 11.8. The van der Waals surface area contributed by atoms with Gasteiger partial charge >= 0.3 is 0 Å². The Labute approximate surface area is 204 Å². The van der Waals surface area contributed by atoms with Crippen molar-refractivity contribution in [1.82, 2.24) is 10.2 Å². The molecule has 0 radical (unpaired) electrons. The van der Waals surface area contributed by atoms with Gasteiger partial charge in [-0.1, -0.05) is 48.3 Å². The van der Waals surface area contributed by atoms with Gasteiger partial charge in [0.15, 0.2) is 0 Å². The summed E-state index contributed by atoms with van der Waals surface area (Å²) in [6, 6.07) is 12.4. The number of halogens is 2. The van der Waals surface area contributed by atoms with Crippen LogP contribution in [0.3, 0.4) is 0 Å². The van der Waals surface area contributed by atoms with E-state index in [2.05, 4.69) is 5.32 Å². The molecule has 0 saturated heterocycles. The Morgan fingerprint density at radius 2 is 1.84 bits per heavy atom. The maximum atomic E-state index is 13.3. The van der Waals surface area contributed by atoms with Crippen LogP contribution in [0, 0.1) is 0 Å². The van der Waals surface area contributed by atoms with E-state index in [9.17, 15) is 9.59 Å². The van der Waals surface area contributed by atoms with Gasteiger partial charge in [0.05, 0.1) is 22.9 Å². The van der Waals surface area contributed by atoms with Crippen molar-refractivity contribution in [2.45, 2.75) is 51.6 Å². The summed E-state index contributed by atoms with van der Waals surface area (Å²) in [7, 11) is 1.60. The Morgan fingerprint density at radius 3 is 2.47 bits per heavy atom. The first-order valence-electron chi connectivity index (χ1n) is 10.5. The molecule has 0 aliphatic carbocycles. The van der Waals surface area contributed by atoms with Gasteiger partial charge in [0, 0.05) is 18.3 Å². The molecule has 0 bridgehead atoms. The highest BCUT2D eigenvalue weighted by Crippen LogP contribution is 2.25. The standard InChI is InChI=1S/C24H30Cl2N2O3S/c1-5-22(24(30)27-16(2)3)28(13-17-7-6-8-19(11-17)31-4)23(29)15-32-14-18-9-10-20(25)21(26)12-18/h6-12,16,22H,5,13-15H2,1-4H3,(H,27,30)/t22-/m1/s1. The molecule has 32 heavy (non-hydrogen) atoms. The summed E-state index contributed by atoms with van der Waals surface area (Å²) >= 11 is 13.5. The van der Waals surface area contributed by atoms with Crippen LogP contribution in [0.25, 0.3) is 0 Å². The maximum absolute atomic E-state index is 13.3. The van der Waals surface area contributed by atoms with E-state index < -0.39 is 6.04 Å². The van der Waals surface area contributed by atoms with Crippen molar-refractivity contribution in [3.05, 3.63) is 63.6 Å². The van der Waals surface area contributed by atoms with Gasteiger partial charge in [-0.15, -0.1) is 11.8 Å².